The summed E-state index contributed by atoms with van der Waals surface area (Å²) in [5, 5.41) is 9.40. The summed E-state index contributed by atoms with van der Waals surface area (Å²) in [6, 6.07) is 15.8. The molecule has 0 saturated carbocycles. The van der Waals surface area contributed by atoms with Gasteiger partial charge < -0.3 is 5.11 Å². The zero-order chi connectivity index (χ0) is 17.1. The van der Waals surface area contributed by atoms with E-state index in [-0.39, 0.29) is 23.7 Å². The average molecular weight is 324 g/mol. The van der Waals surface area contributed by atoms with E-state index in [4.69, 9.17) is 0 Å². The lowest BCUT2D eigenvalue weighted by atomic mass is 10.0. The number of hydrogen-bond acceptors (Lipinski definition) is 3. The molecule has 5 heteroatoms. The molecule has 1 saturated heterocycles. The van der Waals surface area contributed by atoms with E-state index in [0.717, 1.165) is 11.3 Å². The molecule has 1 heterocycles. The number of amides is 3. The summed E-state index contributed by atoms with van der Waals surface area (Å²) in [6.45, 7) is 2.23. The predicted molar refractivity (Wildman–Crippen MR) is 91.9 cm³/mol. The molecule has 2 aromatic rings. The summed E-state index contributed by atoms with van der Waals surface area (Å²) in [5.41, 5.74) is 1.78. The van der Waals surface area contributed by atoms with E-state index in [2.05, 4.69) is 0 Å². The third-order valence-electron chi connectivity index (χ3n) is 4.24. The lowest BCUT2D eigenvalue weighted by molar-refractivity contribution is -0.128. The van der Waals surface area contributed by atoms with Crippen molar-refractivity contribution >= 4 is 17.6 Å². The largest absolute Gasteiger partial charge is 0.508 e. The van der Waals surface area contributed by atoms with Gasteiger partial charge in [0.1, 0.15) is 5.75 Å². The lowest BCUT2D eigenvalue weighted by Gasteiger charge is -2.20. The van der Waals surface area contributed by atoms with Gasteiger partial charge in [0.2, 0.25) is 5.91 Å². The first kappa shape index (κ1) is 16.1. The predicted octanol–water partition coefficient (Wildman–Crippen LogP) is 3.18. The summed E-state index contributed by atoms with van der Waals surface area (Å²) in [5.74, 6) is 0.0378. The molecule has 0 spiro atoms. The van der Waals surface area contributed by atoms with Crippen molar-refractivity contribution in [2.45, 2.75) is 25.8 Å². The number of benzene rings is 2. The first-order valence-electron chi connectivity index (χ1n) is 8.06. The maximum Gasteiger partial charge on any atom is 0.331 e. The molecule has 0 unspecified atom stereocenters. The number of aromatic hydroxyl groups is 1. The van der Waals surface area contributed by atoms with Crippen LogP contribution in [0.4, 0.5) is 10.5 Å². The van der Waals surface area contributed by atoms with Crippen molar-refractivity contribution in [2.24, 2.45) is 0 Å². The number of anilines is 1. The molecule has 1 aliphatic heterocycles. The topological polar surface area (TPSA) is 60.9 Å². The van der Waals surface area contributed by atoms with Crippen LogP contribution in [-0.4, -0.2) is 34.5 Å². The van der Waals surface area contributed by atoms with Crippen LogP contribution < -0.4 is 4.90 Å². The first-order valence-corrected chi connectivity index (χ1v) is 8.06. The van der Waals surface area contributed by atoms with Gasteiger partial charge in [0.25, 0.3) is 0 Å². The monoisotopic (exact) mass is 324 g/mol. The molecular formula is C19H20N2O3. The molecule has 3 rings (SSSR count). The number of para-hydroxylation sites is 1. The Hall–Kier alpha value is -2.82. The van der Waals surface area contributed by atoms with E-state index >= 15 is 0 Å². The smallest absolute Gasteiger partial charge is 0.331 e. The maximum atomic E-state index is 12.8. The highest BCUT2D eigenvalue weighted by atomic mass is 16.3. The van der Waals surface area contributed by atoms with Crippen LogP contribution in [0.2, 0.25) is 0 Å². The van der Waals surface area contributed by atoms with Crippen LogP contribution in [0, 0.1) is 0 Å². The van der Waals surface area contributed by atoms with Crippen molar-refractivity contribution in [2.75, 3.05) is 11.4 Å². The third-order valence-corrected chi connectivity index (χ3v) is 4.24. The molecule has 0 aliphatic carbocycles. The second kappa shape index (κ2) is 6.74. The highest BCUT2D eigenvalue weighted by molar-refractivity contribution is 6.05. The molecular weight excluding hydrogens is 304 g/mol. The number of rotatable bonds is 4. The van der Waals surface area contributed by atoms with Crippen LogP contribution in [0.1, 0.15) is 18.9 Å². The SMILES string of the molecule is CCC(=O)N1C(=O)N(c2ccccc2)C[C@@H]1Cc1ccc(O)cc1. The van der Waals surface area contributed by atoms with Crippen LogP contribution in [0.5, 0.6) is 5.75 Å². The Kier molecular flexibility index (Phi) is 4.51. The normalized spacial score (nSPS) is 17.4. The number of imide groups is 1. The Balaban J connectivity index is 1.87. The van der Waals surface area contributed by atoms with Gasteiger partial charge in [-0.25, -0.2) is 4.79 Å². The molecule has 24 heavy (non-hydrogen) atoms. The number of urea groups is 1. The van der Waals surface area contributed by atoms with Crippen LogP contribution in [-0.2, 0) is 11.2 Å². The number of hydrogen-bond donors (Lipinski definition) is 1. The molecule has 0 radical (unpaired) electrons. The highest BCUT2D eigenvalue weighted by Gasteiger charge is 2.41. The van der Waals surface area contributed by atoms with E-state index in [1.54, 1.807) is 24.0 Å². The summed E-state index contributed by atoms with van der Waals surface area (Å²) in [7, 11) is 0. The molecule has 3 amide bonds. The molecule has 2 aromatic carbocycles. The lowest BCUT2D eigenvalue weighted by Crippen LogP contribution is -2.40. The standard InChI is InChI=1S/C19H20N2O3/c1-2-18(23)21-16(12-14-8-10-17(22)11-9-14)13-20(19(21)24)15-6-4-3-5-7-15/h3-11,16,22H,2,12-13H2,1H3/t16-/m0/s1. The Morgan fingerprint density at radius 3 is 2.42 bits per heavy atom. The van der Waals surface area contributed by atoms with E-state index in [0.29, 0.717) is 19.4 Å². The van der Waals surface area contributed by atoms with Gasteiger partial charge in [-0.2, -0.15) is 0 Å². The number of carbonyl (C=O) groups excluding carboxylic acids is 2. The van der Waals surface area contributed by atoms with Crippen molar-refractivity contribution in [1.82, 2.24) is 4.90 Å². The van der Waals surface area contributed by atoms with Crippen molar-refractivity contribution in [3.63, 3.8) is 0 Å². The van der Waals surface area contributed by atoms with Crippen LogP contribution in [0.15, 0.2) is 54.6 Å². The Bertz CT molecular complexity index is 728. The van der Waals surface area contributed by atoms with Gasteiger partial charge in [0.05, 0.1) is 6.04 Å². The van der Waals surface area contributed by atoms with E-state index < -0.39 is 0 Å². The number of carbonyl (C=O) groups is 2. The number of nitrogens with zero attached hydrogens (tertiary/aromatic N) is 2. The Labute approximate surface area is 141 Å². The Morgan fingerprint density at radius 1 is 1.12 bits per heavy atom. The minimum absolute atomic E-state index is 0.165. The second-order valence-electron chi connectivity index (χ2n) is 5.87. The second-order valence-corrected chi connectivity index (χ2v) is 5.87. The molecule has 0 aromatic heterocycles. The van der Waals surface area contributed by atoms with Crippen molar-refractivity contribution < 1.29 is 14.7 Å². The number of phenols is 1. The van der Waals surface area contributed by atoms with Crippen LogP contribution in [0.3, 0.4) is 0 Å². The molecule has 1 aliphatic rings. The number of phenolic OH excluding ortho intramolecular Hbond substituents is 1. The first-order chi connectivity index (χ1) is 11.6. The quantitative estimate of drug-likeness (QED) is 0.939. The zero-order valence-electron chi connectivity index (χ0n) is 13.6. The minimum atomic E-state index is -0.267. The van der Waals surface area contributed by atoms with Crippen LogP contribution >= 0.6 is 0 Å². The van der Waals surface area contributed by atoms with Gasteiger partial charge in [-0.3, -0.25) is 14.6 Å². The fourth-order valence-electron chi connectivity index (χ4n) is 3.02. The fourth-order valence-corrected chi connectivity index (χ4v) is 3.02. The molecule has 1 N–H and O–H groups in total. The minimum Gasteiger partial charge on any atom is -0.508 e. The summed E-state index contributed by atoms with van der Waals surface area (Å²) in [4.78, 5) is 28.1. The van der Waals surface area contributed by atoms with Crippen molar-refractivity contribution in [1.29, 1.82) is 0 Å². The summed E-state index contributed by atoms with van der Waals surface area (Å²) >= 11 is 0. The summed E-state index contributed by atoms with van der Waals surface area (Å²) < 4.78 is 0. The van der Waals surface area contributed by atoms with E-state index in [1.165, 1.54) is 4.90 Å². The van der Waals surface area contributed by atoms with E-state index in [1.807, 2.05) is 42.5 Å². The Morgan fingerprint density at radius 2 is 1.79 bits per heavy atom. The maximum absolute atomic E-state index is 12.8. The van der Waals surface area contributed by atoms with Gasteiger partial charge >= 0.3 is 6.03 Å². The van der Waals surface area contributed by atoms with Gasteiger partial charge in [0, 0.05) is 18.7 Å². The van der Waals surface area contributed by atoms with Crippen molar-refractivity contribution in [3.8, 4) is 5.75 Å². The molecule has 0 bridgehead atoms. The fraction of sp³-hybridized carbons (Fsp3) is 0.263. The zero-order valence-corrected chi connectivity index (χ0v) is 13.6. The van der Waals surface area contributed by atoms with E-state index in [9.17, 15) is 14.7 Å². The van der Waals surface area contributed by atoms with Gasteiger partial charge in [-0.05, 0) is 36.2 Å². The third kappa shape index (κ3) is 3.11. The average Bonchev–Trinajstić information content (AvgIpc) is 2.93. The highest BCUT2D eigenvalue weighted by Crippen LogP contribution is 2.26. The van der Waals surface area contributed by atoms with Crippen molar-refractivity contribution in [3.05, 3.63) is 60.2 Å². The molecule has 5 nitrogen and oxygen atoms in total. The van der Waals surface area contributed by atoms with Gasteiger partial charge in [0.15, 0.2) is 0 Å². The molecule has 1 fully saturated rings. The molecule has 1 atom stereocenters. The van der Waals surface area contributed by atoms with Crippen LogP contribution in [0.25, 0.3) is 0 Å². The van der Waals surface area contributed by atoms with Gasteiger partial charge in [-0.15, -0.1) is 0 Å². The molecule has 124 valence electrons. The van der Waals surface area contributed by atoms with Gasteiger partial charge in [-0.1, -0.05) is 37.3 Å². The summed E-state index contributed by atoms with van der Waals surface area (Å²) in [6.07, 6.45) is 0.863.